The van der Waals surface area contributed by atoms with Crippen molar-refractivity contribution in [2.45, 2.75) is 38.6 Å². The van der Waals surface area contributed by atoms with Crippen molar-refractivity contribution in [2.75, 3.05) is 53.6 Å². The number of aliphatic imine (C=N–C) groups is 1. The van der Waals surface area contributed by atoms with Gasteiger partial charge in [0, 0.05) is 52.9 Å². The molecule has 0 aromatic carbocycles. The molecule has 7 heteroatoms. The standard InChI is InChI=1S/C16H32N4O3/c1-4-15(21)20-9-7-14(13-20)19-16(17-2)18-8-5-6-10-23-12-11-22-3/h14H,4-13H2,1-3H3,(H2,17,18,19). The molecule has 0 aliphatic carbocycles. The van der Waals surface area contributed by atoms with E-state index in [2.05, 4.69) is 15.6 Å². The molecule has 1 aliphatic heterocycles. The van der Waals surface area contributed by atoms with Gasteiger partial charge in [-0.25, -0.2) is 0 Å². The van der Waals surface area contributed by atoms with Crippen molar-refractivity contribution in [3.63, 3.8) is 0 Å². The summed E-state index contributed by atoms with van der Waals surface area (Å²) >= 11 is 0. The van der Waals surface area contributed by atoms with E-state index >= 15 is 0 Å². The number of hydrogen-bond donors (Lipinski definition) is 2. The van der Waals surface area contributed by atoms with Gasteiger partial charge >= 0.3 is 0 Å². The highest BCUT2D eigenvalue weighted by Crippen LogP contribution is 2.10. The molecule has 0 bridgehead atoms. The molecule has 7 nitrogen and oxygen atoms in total. The lowest BCUT2D eigenvalue weighted by atomic mass is 10.3. The van der Waals surface area contributed by atoms with Gasteiger partial charge in [-0.05, 0) is 19.3 Å². The first-order valence-corrected chi connectivity index (χ1v) is 8.52. The van der Waals surface area contributed by atoms with E-state index in [4.69, 9.17) is 9.47 Å². The maximum absolute atomic E-state index is 11.7. The number of likely N-dealkylation sites (tertiary alicyclic amines) is 1. The molecule has 1 saturated heterocycles. The van der Waals surface area contributed by atoms with Crippen molar-refractivity contribution in [3.05, 3.63) is 0 Å². The maximum Gasteiger partial charge on any atom is 0.222 e. The number of carbonyl (C=O) groups excluding carboxylic acids is 1. The second-order valence-corrected chi connectivity index (χ2v) is 5.63. The summed E-state index contributed by atoms with van der Waals surface area (Å²) in [5.74, 6) is 1.03. The minimum absolute atomic E-state index is 0.228. The number of unbranched alkanes of at least 4 members (excludes halogenated alkanes) is 1. The fourth-order valence-corrected chi connectivity index (χ4v) is 2.50. The summed E-state index contributed by atoms with van der Waals surface area (Å²) in [5, 5.41) is 6.70. The van der Waals surface area contributed by atoms with Gasteiger partial charge < -0.3 is 25.0 Å². The van der Waals surface area contributed by atoms with Crippen LogP contribution in [0.15, 0.2) is 4.99 Å². The molecule has 0 radical (unpaired) electrons. The number of ether oxygens (including phenoxy) is 2. The number of hydrogen-bond acceptors (Lipinski definition) is 4. The summed E-state index contributed by atoms with van der Waals surface area (Å²) in [6.45, 7) is 6.42. The van der Waals surface area contributed by atoms with E-state index in [0.29, 0.717) is 19.6 Å². The zero-order valence-corrected chi connectivity index (χ0v) is 14.8. The minimum Gasteiger partial charge on any atom is -0.382 e. The molecule has 23 heavy (non-hydrogen) atoms. The normalized spacial score (nSPS) is 18.3. The molecule has 1 atom stereocenters. The topological polar surface area (TPSA) is 75.2 Å². The molecule has 1 rings (SSSR count). The zero-order valence-electron chi connectivity index (χ0n) is 14.8. The Morgan fingerprint density at radius 3 is 2.83 bits per heavy atom. The van der Waals surface area contributed by atoms with Crippen LogP contribution in [0.5, 0.6) is 0 Å². The average molecular weight is 328 g/mol. The van der Waals surface area contributed by atoms with Gasteiger partial charge in [0.1, 0.15) is 0 Å². The summed E-state index contributed by atoms with van der Waals surface area (Å²) in [7, 11) is 3.45. The number of rotatable bonds is 10. The molecule has 0 aromatic heterocycles. The smallest absolute Gasteiger partial charge is 0.222 e. The Labute approximate surface area is 139 Å². The number of nitrogens with one attached hydrogen (secondary N) is 2. The van der Waals surface area contributed by atoms with Crippen LogP contribution in [0, 0.1) is 0 Å². The molecule has 2 N–H and O–H groups in total. The Hall–Kier alpha value is -1.34. The highest BCUT2D eigenvalue weighted by Gasteiger charge is 2.25. The monoisotopic (exact) mass is 328 g/mol. The van der Waals surface area contributed by atoms with E-state index in [1.807, 2.05) is 11.8 Å². The molecule has 0 aromatic rings. The number of methoxy groups -OCH3 is 1. The second kappa shape index (κ2) is 12.1. The summed E-state index contributed by atoms with van der Waals surface area (Å²) in [4.78, 5) is 17.8. The fourth-order valence-electron chi connectivity index (χ4n) is 2.50. The summed E-state index contributed by atoms with van der Waals surface area (Å²) < 4.78 is 10.3. The van der Waals surface area contributed by atoms with Crippen molar-refractivity contribution in [2.24, 2.45) is 4.99 Å². The quantitative estimate of drug-likeness (QED) is 0.349. The van der Waals surface area contributed by atoms with Gasteiger partial charge in [-0.15, -0.1) is 0 Å². The van der Waals surface area contributed by atoms with Crippen LogP contribution in [-0.2, 0) is 14.3 Å². The van der Waals surface area contributed by atoms with Crippen molar-refractivity contribution in [1.82, 2.24) is 15.5 Å². The van der Waals surface area contributed by atoms with Crippen molar-refractivity contribution >= 4 is 11.9 Å². The van der Waals surface area contributed by atoms with E-state index in [1.165, 1.54) is 0 Å². The predicted molar refractivity (Wildman–Crippen MR) is 91.7 cm³/mol. The van der Waals surface area contributed by atoms with Gasteiger partial charge in [0.25, 0.3) is 0 Å². The van der Waals surface area contributed by atoms with E-state index in [1.54, 1.807) is 14.2 Å². The van der Waals surface area contributed by atoms with E-state index in [-0.39, 0.29) is 11.9 Å². The molecule has 1 amide bonds. The highest BCUT2D eigenvalue weighted by molar-refractivity contribution is 5.80. The first-order valence-electron chi connectivity index (χ1n) is 8.52. The van der Waals surface area contributed by atoms with Crippen LogP contribution in [0.2, 0.25) is 0 Å². The second-order valence-electron chi connectivity index (χ2n) is 5.63. The Bertz CT molecular complexity index is 363. The predicted octanol–water partition coefficient (Wildman–Crippen LogP) is 0.606. The van der Waals surface area contributed by atoms with Crippen molar-refractivity contribution in [3.8, 4) is 0 Å². The van der Waals surface area contributed by atoms with Crippen molar-refractivity contribution < 1.29 is 14.3 Å². The first-order chi connectivity index (χ1) is 11.2. The average Bonchev–Trinajstić information content (AvgIpc) is 3.04. The van der Waals surface area contributed by atoms with Crippen LogP contribution in [0.4, 0.5) is 0 Å². The van der Waals surface area contributed by atoms with Crippen LogP contribution >= 0.6 is 0 Å². The van der Waals surface area contributed by atoms with Gasteiger partial charge in [-0.2, -0.15) is 0 Å². The largest absolute Gasteiger partial charge is 0.382 e. The fraction of sp³-hybridized carbons (Fsp3) is 0.875. The van der Waals surface area contributed by atoms with Gasteiger partial charge in [0.05, 0.1) is 13.2 Å². The third-order valence-electron chi connectivity index (χ3n) is 3.85. The Kier molecular flexibility index (Phi) is 10.4. The SMILES string of the molecule is CCC(=O)N1CCC(NC(=NC)NCCCCOCCOC)C1. The summed E-state index contributed by atoms with van der Waals surface area (Å²) in [6, 6.07) is 0.286. The summed E-state index contributed by atoms with van der Waals surface area (Å²) in [6.07, 6.45) is 3.58. The van der Waals surface area contributed by atoms with E-state index in [0.717, 1.165) is 51.5 Å². The van der Waals surface area contributed by atoms with E-state index in [9.17, 15) is 4.79 Å². The molecule has 1 heterocycles. The first kappa shape index (κ1) is 19.7. The van der Waals surface area contributed by atoms with Gasteiger partial charge in [-0.1, -0.05) is 6.92 Å². The van der Waals surface area contributed by atoms with Crippen molar-refractivity contribution in [1.29, 1.82) is 0 Å². The molecular formula is C16H32N4O3. The summed E-state index contributed by atoms with van der Waals surface area (Å²) in [5.41, 5.74) is 0. The van der Waals surface area contributed by atoms with Crippen LogP contribution in [0.1, 0.15) is 32.6 Å². The number of nitrogens with zero attached hydrogens (tertiary/aromatic N) is 2. The zero-order chi connectivity index (χ0) is 16.9. The Balaban J connectivity index is 2.10. The number of carbonyl (C=O) groups is 1. The molecule has 134 valence electrons. The third-order valence-corrected chi connectivity index (χ3v) is 3.85. The lowest BCUT2D eigenvalue weighted by molar-refractivity contribution is -0.129. The molecule has 1 fully saturated rings. The van der Waals surface area contributed by atoms with Crippen LogP contribution in [0.25, 0.3) is 0 Å². The van der Waals surface area contributed by atoms with Crippen LogP contribution in [-0.4, -0.2) is 76.4 Å². The number of amides is 1. The highest BCUT2D eigenvalue weighted by atomic mass is 16.5. The Morgan fingerprint density at radius 2 is 2.13 bits per heavy atom. The molecule has 0 saturated carbocycles. The molecule has 1 unspecified atom stereocenters. The third kappa shape index (κ3) is 8.18. The lowest BCUT2D eigenvalue weighted by Gasteiger charge is -2.18. The Morgan fingerprint density at radius 1 is 1.30 bits per heavy atom. The number of guanidine groups is 1. The molecule has 1 aliphatic rings. The van der Waals surface area contributed by atoms with Gasteiger partial charge in [-0.3, -0.25) is 9.79 Å². The minimum atomic E-state index is 0.228. The van der Waals surface area contributed by atoms with Crippen LogP contribution < -0.4 is 10.6 Å². The van der Waals surface area contributed by atoms with Gasteiger partial charge in [0.2, 0.25) is 5.91 Å². The van der Waals surface area contributed by atoms with Gasteiger partial charge in [0.15, 0.2) is 5.96 Å². The van der Waals surface area contributed by atoms with Crippen LogP contribution in [0.3, 0.4) is 0 Å². The molecule has 0 spiro atoms. The lowest BCUT2D eigenvalue weighted by Crippen LogP contribution is -2.45. The van der Waals surface area contributed by atoms with E-state index < -0.39 is 0 Å². The maximum atomic E-state index is 11.7. The molecular weight excluding hydrogens is 296 g/mol.